The minimum Gasteiger partial charge on any atom is -0.465 e. The number of carbonyl (C=O) groups excluding carboxylic acids is 1. The van der Waals surface area contributed by atoms with Crippen LogP contribution in [-0.2, 0) is 9.53 Å². The van der Waals surface area contributed by atoms with E-state index in [9.17, 15) is 9.90 Å². The molecule has 0 aromatic carbocycles. The molecule has 1 N–H and O–H groups in total. The Morgan fingerprint density at radius 1 is 0.733 bits per heavy atom. The lowest BCUT2D eigenvalue weighted by Gasteiger charge is -2.25. The van der Waals surface area contributed by atoms with Crippen LogP contribution in [0.25, 0.3) is 0 Å². The van der Waals surface area contributed by atoms with E-state index in [0.29, 0.717) is 12.5 Å². The Kier molecular flexibility index (Phi) is 17.5. The average molecular weight is 425 g/mol. The van der Waals surface area contributed by atoms with Gasteiger partial charge in [-0.1, -0.05) is 104 Å². The van der Waals surface area contributed by atoms with Crippen LogP contribution in [0.15, 0.2) is 0 Å². The first-order valence-electron chi connectivity index (χ1n) is 13.5. The number of rotatable bonds is 19. The summed E-state index contributed by atoms with van der Waals surface area (Å²) >= 11 is 0. The predicted octanol–water partition coefficient (Wildman–Crippen LogP) is 7.98. The number of hydrogen-bond donors (Lipinski definition) is 1. The van der Waals surface area contributed by atoms with Crippen LogP contribution >= 0.6 is 0 Å². The number of ether oxygens (including phenoxy) is 1. The van der Waals surface area contributed by atoms with Crippen molar-refractivity contribution in [3.05, 3.63) is 0 Å². The molecular weight excluding hydrogens is 372 g/mol. The van der Waals surface area contributed by atoms with E-state index < -0.39 is 0 Å². The Hall–Kier alpha value is -0.570. The van der Waals surface area contributed by atoms with Crippen LogP contribution in [0.4, 0.5) is 0 Å². The highest BCUT2D eigenvalue weighted by atomic mass is 16.5. The van der Waals surface area contributed by atoms with Gasteiger partial charge in [-0.3, -0.25) is 4.79 Å². The monoisotopic (exact) mass is 424 g/mol. The van der Waals surface area contributed by atoms with Gasteiger partial charge in [0.2, 0.25) is 0 Å². The zero-order valence-corrected chi connectivity index (χ0v) is 20.3. The fourth-order valence-corrected chi connectivity index (χ4v) is 4.72. The average Bonchev–Trinajstić information content (AvgIpc) is 2.75. The lowest BCUT2D eigenvalue weighted by molar-refractivity contribution is -0.151. The second-order valence-corrected chi connectivity index (χ2v) is 9.82. The Bertz CT molecular complexity index is 388. The molecule has 0 radical (unpaired) electrons. The van der Waals surface area contributed by atoms with Gasteiger partial charge in [0.15, 0.2) is 0 Å². The van der Waals surface area contributed by atoms with Gasteiger partial charge in [0.1, 0.15) is 0 Å². The summed E-state index contributed by atoms with van der Waals surface area (Å²) in [5, 5.41) is 9.65. The molecule has 1 fully saturated rings. The molecular formula is C27H52O3. The predicted molar refractivity (Wildman–Crippen MR) is 128 cm³/mol. The molecule has 0 amide bonds. The lowest BCUT2D eigenvalue weighted by Crippen LogP contribution is -2.27. The van der Waals surface area contributed by atoms with Gasteiger partial charge >= 0.3 is 5.97 Å². The summed E-state index contributed by atoms with van der Waals surface area (Å²) in [5.74, 6) is 0.548. The summed E-state index contributed by atoms with van der Waals surface area (Å²) in [7, 11) is 0. The number of hydrogen-bond acceptors (Lipinski definition) is 3. The summed E-state index contributed by atoms with van der Waals surface area (Å²) in [5.41, 5.74) is 0. The first-order chi connectivity index (χ1) is 14.7. The molecule has 1 aliphatic carbocycles. The third kappa shape index (κ3) is 14.4. The van der Waals surface area contributed by atoms with E-state index in [1.165, 1.54) is 103 Å². The molecule has 0 spiro atoms. The highest BCUT2D eigenvalue weighted by Gasteiger charge is 2.26. The number of unbranched alkanes of at least 4 members (excludes halogenated alkanes) is 12. The molecule has 3 heteroatoms. The van der Waals surface area contributed by atoms with E-state index in [1.807, 2.05) is 0 Å². The second-order valence-electron chi connectivity index (χ2n) is 9.82. The Labute approximate surface area is 187 Å². The molecule has 1 rings (SSSR count). The number of esters is 1. The van der Waals surface area contributed by atoms with Crippen molar-refractivity contribution in [1.29, 1.82) is 0 Å². The van der Waals surface area contributed by atoms with Crippen molar-refractivity contribution >= 4 is 5.97 Å². The first-order valence-corrected chi connectivity index (χ1v) is 13.5. The second kappa shape index (κ2) is 19.1. The van der Waals surface area contributed by atoms with E-state index in [2.05, 4.69) is 13.8 Å². The summed E-state index contributed by atoms with van der Waals surface area (Å²) in [6.45, 7) is 5.15. The summed E-state index contributed by atoms with van der Waals surface area (Å²) in [4.78, 5) is 12.5. The van der Waals surface area contributed by atoms with Crippen molar-refractivity contribution in [3.8, 4) is 0 Å². The van der Waals surface area contributed by atoms with Gasteiger partial charge in [-0.25, -0.2) is 0 Å². The number of aliphatic hydroxyl groups is 1. The van der Waals surface area contributed by atoms with Gasteiger partial charge in [0, 0.05) is 0 Å². The maximum Gasteiger partial charge on any atom is 0.308 e. The minimum absolute atomic E-state index is 0.00855. The molecule has 0 aromatic heterocycles. The Morgan fingerprint density at radius 3 is 1.63 bits per heavy atom. The van der Waals surface area contributed by atoms with Crippen LogP contribution in [0.2, 0.25) is 0 Å². The fraction of sp³-hybridized carbons (Fsp3) is 0.963. The smallest absolute Gasteiger partial charge is 0.308 e. The van der Waals surface area contributed by atoms with Crippen LogP contribution in [0, 0.1) is 11.8 Å². The van der Waals surface area contributed by atoms with Crippen molar-refractivity contribution in [1.82, 2.24) is 0 Å². The maximum atomic E-state index is 12.5. The van der Waals surface area contributed by atoms with Gasteiger partial charge in [-0.05, 0) is 44.4 Å². The topological polar surface area (TPSA) is 46.5 Å². The van der Waals surface area contributed by atoms with E-state index >= 15 is 0 Å². The molecule has 0 aliphatic heterocycles. The summed E-state index contributed by atoms with van der Waals surface area (Å²) in [6.07, 6.45) is 24.1. The van der Waals surface area contributed by atoms with Crippen LogP contribution in [-0.4, -0.2) is 23.8 Å². The van der Waals surface area contributed by atoms with E-state index in [1.54, 1.807) is 0 Å². The van der Waals surface area contributed by atoms with Gasteiger partial charge in [0.25, 0.3) is 0 Å². The van der Waals surface area contributed by atoms with Crippen molar-refractivity contribution < 1.29 is 14.6 Å². The largest absolute Gasteiger partial charge is 0.465 e. The third-order valence-corrected chi connectivity index (χ3v) is 6.92. The summed E-state index contributed by atoms with van der Waals surface area (Å²) in [6, 6.07) is 0. The van der Waals surface area contributed by atoms with Crippen molar-refractivity contribution in [2.75, 3.05) is 6.61 Å². The lowest BCUT2D eigenvalue weighted by atomic mass is 9.87. The van der Waals surface area contributed by atoms with Gasteiger partial charge < -0.3 is 9.84 Å². The normalized spacial score (nSPS) is 20.2. The third-order valence-electron chi connectivity index (χ3n) is 6.92. The number of aliphatic hydroxyl groups excluding tert-OH is 1. The molecule has 1 saturated carbocycles. The van der Waals surface area contributed by atoms with Crippen LogP contribution in [0.3, 0.4) is 0 Å². The van der Waals surface area contributed by atoms with Crippen molar-refractivity contribution in [2.24, 2.45) is 11.8 Å². The van der Waals surface area contributed by atoms with Gasteiger partial charge in [0.05, 0.1) is 18.6 Å². The maximum absolute atomic E-state index is 12.5. The molecule has 178 valence electrons. The molecule has 1 atom stereocenters. The molecule has 0 bridgehead atoms. The number of carbonyl (C=O) groups is 1. The van der Waals surface area contributed by atoms with Gasteiger partial charge in [-0.2, -0.15) is 0 Å². The minimum atomic E-state index is -0.212. The zero-order chi connectivity index (χ0) is 21.9. The first kappa shape index (κ1) is 27.5. The van der Waals surface area contributed by atoms with Crippen molar-refractivity contribution in [3.63, 3.8) is 0 Å². The van der Waals surface area contributed by atoms with Crippen LogP contribution < -0.4 is 0 Å². The molecule has 0 saturated heterocycles. The SMILES string of the molecule is CCCCCCCCCCC(CCCCCCCC)COC(=O)C1CCC(O)CC1. The molecule has 30 heavy (non-hydrogen) atoms. The highest BCUT2D eigenvalue weighted by molar-refractivity contribution is 5.72. The van der Waals surface area contributed by atoms with Crippen molar-refractivity contribution in [2.45, 2.75) is 148 Å². The van der Waals surface area contributed by atoms with Crippen LogP contribution in [0.5, 0.6) is 0 Å². The van der Waals surface area contributed by atoms with Crippen LogP contribution in [0.1, 0.15) is 142 Å². The molecule has 1 unspecified atom stereocenters. The zero-order valence-electron chi connectivity index (χ0n) is 20.3. The van der Waals surface area contributed by atoms with E-state index in [-0.39, 0.29) is 18.0 Å². The fourth-order valence-electron chi connectivity index (χ4n) is 4.72. The highest BCUT2D eigenvalue weighted by Crippen LogP contribution is 2.26. The quantitative estimate of drug-likeness (QED) is 0.169. The molecule has 3 nitrogen and oxygen atoms in total. The molecule has 1 aliphatic rings. The standard InChI is InChI=1S/C27H52O3/c1-3-5-7-9-11-12-14-16-18-24(17-15-13-10-8-6-4-2)23-30-27(29)25-19-21-26(28)22-20-25/h24-26,28H,3-23H2,1-2H3. The Morgan fingerprint density at radius 2 is 1.17 bits per heavy atom. The van der Waals surface area contributed by atoms with E-state index in [4.69, 9.17) is 4.74 Å². The summed E-state index contributed by atoms with van der Waals surface area (Å²) < 4.78 is 5.78. The molecule has 0 aromatic rings. The van der Waals surface area contributed by atoms with Gasteiger partial charge in [-0.15, -0.1) is 0 Å². The van der Waals surface area contributed by atoms with E-state index in [0.717, 1.165) is 25.7 Å². The molecule has 0 heterocycles. The Balaban J connectivity index is 2.24.